The number of allylic oxidation sites excluding steroid dienone is 2. The number of aliphatic hydroxyl groups is 1. The maximum absolute atomic E-state index is 12.5. The van der Waals surface area contributed by atoms with Gasteiger partial charge in [0.1, 0.15) is 34.6 Å². The molecule has 12 nitrogen and oxygen atoms in total. The van der Waals surface area contributed by atoms with Crippen LogP contribution in [0.3, 0.4) is 0 Å². The van der Waals surface area contributed by atoms with Crippen LogP contribution < -0.4 is 0 Å². The van der Waals surface area contributed by atoms with E-state index in [2.05, 4.69) is 45.8 Å². The summed E-state index contributed by atoms with van der Waals surface area (Å²) >= 11 is 0. The fourth-order valence-corrected chi connectivity index (χ4v) is 6.98. The quantitative estimate of drug-likeness (QED) is 0.426. The van der Waals surface area contributed by atoms with E-state index in [1.165, 1.54) is 6.92 Å². The molecule has 0 amide bonds. The van der Waals surface area contributed by atoms with Crippen molar-refractivity contribution in [3.05, 3.63) is 69.3 Å². The summed E-state index contributed by atoms with van der Waals surface area (Å²) in [7, 11) is 3.43. The number of likely N-dealkylation sites (tertiary alicyclic amines) is 2. The van der Waals surface area contributed by atoms with E-state index in [0.717, 1.165) is 47.9 Å². The number of pyridine rings is 2. The number of nitriles is 2. The number of hydrogen-bond donors (Lipinski definition) is 1. The van der Waals surface area contributed by atoms with Crippen LogP contribution in [0.2, 0.25) is 0 Å². The van der Waals surface area contributed by atoms with Crippen molar-refractivity contribution in [2.75, 3.05) is 40.4 Å². The summed E-state index contributed by atoms with van der Waals surface area (Å²) in [6.07, 6.45) is 6.80. The Morgan fingerprint density at radius 1 is 0.804 bits per heavy atom. The molecule has 0 unspecified atom stereocenters. The molecule has 0 radical (unpaired) electrons. The molecule has 0 bridgehead atoms. The molecule has 6 rings (SSSR count). The molecule has 0 aromatic carbocycles. The predicted octanol–water partition coefficient (Wildman–Crippen LogP) is 4.31. The van der Waals surface area contributed by atoms with Crippen LogP contribution in [0.4, 0.5) is 0 Å². The lowest BCUT2D eigenvalue weighted by atomic mass is 9.85. The molecular formula is C39H46N6O6. The largest absolute Gasteiger partial charge is 0.384 e. The topological polar surface area (TPSA) is 170 Å². The van der Waals surface area contributed by atoms with Crippen molar-refractivity contribution in [3.8, 4) is 12.1 Å². The van der Waals surface area contributed by atoms with Gasteiger partial charge in [-0.25, -0.2) is 0 Å². The van der Waals surface area contributed by atoms with Crippen molar-refractivity contribution in [1.29, 1.82) is 10.5 Å². The van der Waals surface area contributed by atoms with Crippen LogP contribution in [-0.4, -0.2) is 93.8 Å². The van der Waals surface area contributed by atoms with Crippen LogP contribution in [-0.2, 0) is 37.5 Å². The van der Waals surface area contributed by atoms with Gasteiger partial charge in [0, 0.05) is 83.7 Å². The number of piperidine rings is 2. The second-order valence-corrected chi connectivity index (χ2v) is 14.7. The van der Waals surface area contributed by atoms with Gasteiger partial charge in [0.2, 0.25) is 0 Å². The number of rotatable bonds is 6. The van der Waals surface area contributed by atoms with Gasteiger partial charge >= 0.3 is 0 Å². The van der Waals surface area contributed by atoms with E-state index in [1.807, 2.05) is 6.07 Å². The van der Waals surface area contributed by atoms with Crippen molar-refractivity contribution in [2.45, 2.75) is 89.9 Å². The van der Waals surface area contributed by atoms with E-state index in [0.29, 0.717) is 49.0 Å². The van der Waals surface area contributed by atoms with E-state index >= 15 is 0 Å². The first-order valence-electron chi connectivity index (χ1n) is 17.2. The monoisotopic (exact) mass is 694 g/mol. The third-order valence-corrected chi connectivity index (χ3v) is 10.7. The van der Waals surface area contributed by atoms with Crippen molar-refractivity contribution in [2.24, 2.45) is 0 Å². The van der Waals surface area contributed by atoms with Gasteiger partial charge in [-0.3, -0.25) is 24.4 Å². The second kappa shape index (κ2) is 14.5. The summed E-state index contributed by atoms with van der Waals surface area (Å²) in [5.74, 6) is -0.501. The Labute approximate surface area is 299 Å². The molecule has 2 aromatic heterocycles. The summed E-state index contributed by atoms with van der Waals surface area (Å²) in [5.41, 5.74) is 4.27. The summed E-state index contributed by atoms with van der Waals surface area (Å²) < 4.78 is 11.2. The minimum Gasteiger partial charge on any atom is -0.384 e. The van der Waals surface area contributed by atoms with E-state index < -0.39 is 5.60 Å². The number of ketones is 3. The number of ether oxygens (including phenoxy) is 2. The van der Waals surface area contributed by atoms with Crippen LogP contribution in [0.5, 0.6) is 0 Å². The average Bonchev–Trinajstić information content (AvgIpc) is 3.10. The fourth-order valence-electron chi connectivity index (χ4n) is 6.98. The molecule has 0 spiro atoms. The van der Waals surface area contributed by atoms with Crippen LogP contribution in [0.15, 0.2) is 35.7 Å². The van der Waals surface area contributed by atoms with E-state index in [1.54, 1.807) is 46.5 Å². The average molecular weight is 695 g/mol. The zero-order valence-corrected chi connectivity index (χ0v) is 30.6. The number of fused-ring (bicyclic) bond motifs is 2. The van der Waals surface area contributed by atoms with Crippen LogP contribution >= 0.6 is 0 Å². The molecule has 2 aliphatic carbocycles. The molecule has 51 heavy (non-hydrogen) atoms. The van der Waals surface area contributed by atoms with Gasteiger partial charge in [0.15, 0.2) is 17.3 Å². The van der Waals surface area contributed by atoms with Crippen molar-refractivity contribution < 1.29 is 29.0 Å². The fraction of sp³-hybridized carbons (Fsp3) is 0.513. The second-order valence-electron chi connectivity index (χ2n) is 14.7. The molecular weight excluding hydrogens is 648 g/mol. The van der Waals surface area contributed by atoms with Gasteiger partial charge in [-0.15, -0.1) is 0 Å². The molecule has 12 heteroatoms. The molecule has 2 aromatic rings. The first kappa shape index (κ1) is 37.5. The highest BCUT2D eigenvalue weighted by Crippen LogP contribution is 2.38. The Kier molecular flexibility index (Phi) is 10.6. The minimum absolute atomic E-state index is 0.136. The summed E-state index contributed by atoms with van der Waals surface area (Å²) in [6.45, 7) is 11.8. The summed E-state index contributed by atoms with van der Waals surface area (Å²) in [5, 5.41) is 29.5. The number of hydrogen-bond acceptors (Lipinski definition) is 12. The van der Waals surface area contributed by atoms with Crippen molar-refractivity contribution in [3.63, 3.8) is 0 Å². The highest BCUT2D eigenvalue weighted by Gasteiger charge is 2.37. The molecule has 4 aliphatic rings. The van der Waals surface area contributed by atoms with Gasteiger partial charge in [0.25, 0.3) is 0 Å². The highest BCUT2D eigenvalue weighted by molar-refractivity contribution is 6.11. The Morgan fingerprint density at radius 3 is 1.59 bits per heavy atom. The lowest BCUT2D eigenvalue weighted by molar-refractivity contribution is -0.115. The maximum Gasteiger partial charge on any atom is 0.179 e. The predicted molar refractivity (Wildman–Crippen MR) is 189 cm³/mol. The first-order chi connectivity index (χ1) is 24.1. The summed E-state index contributed by atoms with van der Waals surface area (Å²) in [4.78, 5) is 49.3. The Morgan fingerprint density at radius 2 is 1.22 bits per heavy atom. The number of carbonyl (C=O) groups excluding carboxylic acids is 3. The van der Waals surface area contributed by atoms with E-state index in [9.17, 15) is 30.0 Å². The standard InChI is InChI=1S/C20H25N3O3.C19H21N3O3/c1-19(2,25)17-10-14-13(12-22-17)9-16(24)15(11-21)18(14)23-7-5-20(3,26-4)6-8-23;1-12(23)16-9-14-13(11-21-16)8-17(24)15(10-20)18(14)22-6-4-19(2,25-3)5-7-22/h10,12,25H,5-9H2,1-4H3;9,11H,4-8H2,1-3H3. The SMILES string of the molecule is COC1(C)CCN(C2=C(C#N)C(=O)Cc3cnc(C(C)(C)O)cc32)CC1.COC1(C)CCN(C2=C(C#N)C(=O)Cc3cnc(C(C)=O)cc32)CC1. The third kappa shape index (κ3) is 7.64. The number of aromatic nitrogens is 2. The highest BCUT2D eigenvalue weighted by atomic mass is 16.5. The summed E-state index contributed by atoms with van der Waals surface area (Å²) in [6, 6.07) is 7.71. The lowest BCUT2D eigenvalue weighted by Gasteiger charge is -2.41. The molecule has 4 heterocycles. The van der Waals surface area contributed by atoms with Crippen LogP contribution in [0.25, 0.3) is 11.4 Å². The molecule has 268 valence electrons. The minimum atomic E-state index is -1.09. The van der Waals surface area contributed by atoms with E-state index in [-0.39, 0.29) is 52.5 Å². The lowest BCUT2D eigenvalue weighted by Crippen LogP contribution is -2.44. The van der Waals surface area contributed by atoms with Crippen molar-refractivity contribution in [1.82, 2.24) is 19.8 Å². The van der Waals surface area contributed by atoms with Gasteiger partial charge in [-0.1, -0.05) is 0 Å². The maximum atomic E-state index is 12.5. The molecule has 2 saturated heterocycles. The first-order valence-corrected chi connectivity index (χ1v) is 17.2. The van der Waals surface area contributed by atoms with Crippen LogP contribution in [0.1, 0.15) is 98.7 Å². The van der Waals surface area contributed by atoms with Crippen LogP contribution in [0, 0.1) is 22.7 Å². The number of nitrogens with zero attached hydrogens (tertiary/aromatic N) is 6. The third-order valence-electron chi connectivity index (χ3n) is 10.7. The molecule has 2 aliphatic heterocycles. The van der Waals surface area contributed by atoms with Gasteiger partial charge < -0.3 is 24.4 Å². The van der Waals surface area contributed by atoms with Crippen molar-refractivity contribution >= 4 is 28.7 Å². The van der Waals surface area contributed by atoms with Gasteiger partial charge in [-0.05, 0) is 76.6 Å². The normalized spacial score (nSPS) is 19.7. The van der Waals surface area contributed by atoms with E-state index in [4.69, 9.17) is 9.47 Å². The van der Waals surface area contributed by atoms with Gasteiger partial charge in [0.05, 0.1) is 28.3 Å². The molecule has 0 atom stereocenters. The Balaban J connectivity index is 0.000000198. The smallest absolute Gasteiger partial charge is 0.179 e. The zero-order chi connectivity index (χ0) is 37.3. The van der Waals surface area contributed by atoms with Gasteiger partial charge in [-0.2, -0.15) is 10.5 Å². The zero-order valence-electron chi connectivity index (χ0n) is 30.6. The molecule has 0 saturated carbocycles. The Bertz CT molecular complexity index is 1890. The number of Topliss-reactive ketones (excluding diaryl/α,β-unsaturated/α-hetero) is 3. The number of methoxy groups -OCH3 is 2. The number of carbonyl (C=O) groups is 3. The Hall–Kier alpha value is -4.75. The molecule has 2 fully saturated rings. The molecule has 1 N–H and O–H groups in total.